The molecule has 0 bridgehead atoms. The van der Waals surface area contributed by atoms with Crippen molar-refractivity contribution in [3.05, 3.63) is 30.1 Å². The fourth-order valence-electron chi connectivity index (χ4n) is 5.16. The number of likely N-dealkylation sites (N-methyl/N-ethyl adjacent to an activating group) is 1. The normalized spacial score (nSPS) is 31.8. The van der Waals surface area contributed by atoms with E-state index < -0.39 is 0 Å². The fraction of sp³-hybridized carbons (Fsp3) is 0.700. The Kier molecular flexibility index (Phi) is 5.04. The van der Waals surface area contributed by atoms with Crippen LogP contribution >= 0.6 is 0 Å². The predicted octanol–water partition coefficient (Wildman–Crippen LogP) is 2.22. The van der Waals surface area contributed by atoms with Crippen LogP contribution in [0.3, 0.4) is 0 Å². The number of amides is 1. The molecule has 1 amide bonds. The molecule has 3 aliphatic rings. The highest BCUT2D eigenvalue weighted by Crippen LogP contribution is 2.51. The van der Waals surface area contributed by atoms with E-state index in [1.165, 1.54) is 25.7 Å². The van der Waals surface area contributed by atoms with Crippen LogP contribution in [0.4, 0.5) is 0 Å². The van der Waals surface area contributed by atoms with Gasteiger partial charge in [-0.2, -0.15) is 0 Å². The van der Waals surface area contributed by atoms with E-state index in [2.05, 4.69) is 10.3 Å². The third-order valence-corrected chi connectivity index (χ3v) is 6.28. The van der Waals surface area contributed by atoms with Gasteiger partial charge in [0.25, 0.3) is 0 Å². The number of nitrogens with zero attached hydrogens (tertiary/aromatic N) is 2. The molecule has 2 aliphatic carbocycles. The number of hydrogen-bond acceptors (Lipinski definition) is 4. The lowest BCUT2D eigenvalue weighted by Gasteiger charge is -2.50. The standard InChI is InChI=1S/C20H29N3O2/c1-23(12-15-8-4-5-10-21-15)13-17(24)22-19-16-9-11-25-20(16)18(19)14-6-2-3-7-14/h4-5,8,10,14,16,18-20H,2-3,6-7,9,11-13H2,1H3,(H,22,24)/t16-,18+,19-,20-/m0/s1. The average molecular weight is 343 g/mol. The molecule has 1 N–H and O–H groups in total. The number of hydrogen-bond donors (Lipinski definition) is 1. The molecule has 0 aromatic carbocycles. The lowest BCUT2D eigenvalue weighted by molar-refractivity contribution is -0.130. The third kappa shape index (κ3) is 3.58. The minimum Gasteiger partial charge on any atom is -0.377 e. The highest BCUT2D eigenvalue weighted by Gasteiger charge is 2.56. The smallest absolute Gasteiger partial charge is 0.234 e. The Morgan fingerprint density at radius 3 is 2.92 bits per heavy atom. The van der Waals surface area contributed by atoms with Gasteiger partial charge in [0.15, 0.2) is 0 Å². The summed E-state index contributed by atoms with van der Waals surface area (Å²) in [4.78, 5) is 18.9. The van der Waals surface area contributed by atoms with Gasteiger partial charge in [-0.15, -0.1) is 0 Å². The van der Waals surface area contributed by atoms with Crippen molar-refractivity contribution in [2.24, 2.45) is 17.8 Å². The van der Waals surface area contributed by atoms with E-state index in [0.29, 0.717) is 37.1 Å². The first-order chi connectivity index (χ1) is 12.2. The Hall–Kier alpha value is -1.46. The van der Waals surface area contributed by atoms with Crippen LogP contribution in [0, 0.1) is 17.8 Å². The molecule has 0 radical (unpaired) electrons. The highest BCUT2D eigenvalue weighted by atomic mass is 16.5. The van der Waals surface area contributed by atoms with Crippen LogP contribution in [0.5, 0.6) is 0 Å². The first kappa shape index (κ1) is 17.0. The summed E-state index contributed by atoms with van der Waals surface area (Å²) in [7, 11) is 1.98. The topological polar surface area (TPSA) is 54.5 Å². The number of nitrogens with one attached hydrogen (secondary N) is 1. The number of aromatic nitrogens is 1. The molecular weight excluding hydrogens is 314 g/mol. The van der Waals surface area contributed by atoms with E-state index in [4.69, 9.17) is 4.74 Å². The van der Waals surface area contributed by atoms with Crippen molar-refractivity contribution in [3.63, 3.8) is 0 Å². The molecule has 25 heavy (non-hydrogen) atoms. The monoisotopic (exact) mass is 343 g/mol. The second kappa shape index (κ2) is 7.42. The van der Waals surface area contributed by atoms with E-state index >= 15 is 0 Å². The molecule has 4 rings (SSSR count). The molecular formula is C20H29N3O2. The second-order valence-electron chi connectivity index (χ2n) is 8.00. The van der Waals surface area contributed by atoms with E-state index in [-0.39, 0.29) is 5.91 Å². The molecule has 2 heterocycles. The van der Waals surface area contributed by atoms with Crippen LogP contribution in [0.2, 0.25) is 0 Å². The van der Waals surface area contributed by atoms with Crippen LogP contribution < -0.4 is 5.32 Å². The fourth-order valence-corrected chi connectivity index (χ4v) is 5.16. The van der Waals surface area contributed by atoms with Crippen LogP contribution in [-0.2, 0) is 16.1 Å². The van der Waals surface area contributed by atoms with Gasteiger partial charge >= 0.3 is 0 Å². The molecule has 2 saturated carbocycles. The quantitative estimate of drug-likeness (QED) is 0.860. The molecule has 1 aliphatic heterocycles. The van der Waals surface area contributed by atoms with E-state index in [1.54, 1.807) is 6.20 Å². The predicted molar refractivity (Wildman–Crippen MR) is 95.8 cm³/mol. The molecule has 5 heteroatoms. The summed E-state index contributed by atoms with van der Waals surface area (Å²) in [5.74, 6) is 1.96. The number of rotatable bonds is 6. The molecule has 1 saturated heterocycles. The molecule has 1 aromatic rings. The van der Waals surface area contributed by atoms with Crippen molar-refractivity contribution in [2.45, 2.75) is 50.8 Å². The average Bonchev–Trinajstić information content (AvgIpc) is 3.24. The molecule has 1 aromatic heterocycles. The van der Waals surface area contributed by atoms with E-state index in [1.807, 2.05) is 30.1 Å². The first-order valence-electron chi connectivity index (χ1n) is 9.72. The summed E-state index contributed by atoms with van der Waals surface area (Å²) in [5.41, 5.74) is 0.995. The van der Waals surface area contributed by atoms with E-state index in [0.717, 1.165) is 24.6 Å². The highest BCUT2D eigenvalue weighted by molar-refractivity contribution is 5.78. The van der Waals surface area contributed by atoms with Gasteiger partial charge in [0, 0.05) is 37.2 Å². The zero-order valence-corrected chi connectivity index (χ0v) is 15.1. The van der Waals surface area contributed by atoms with Crippen molar-refractivity contribution in [1.29, 1.82) is 0 Å². The van der Waals surface area contributed by atoms with Gasteiger partial charge in [-0.05, 0) is 31.5 Å². The lowest BCUT2D eigenvalue weighted by Crippen LogP contribution is -2.64. The first-order valence-corrected chi connectivity index (χ1v) is 9.72. The van der Waals surface area contributed by atoms with Crippen molar-refractivity contribution in [3.8, 4) is 0 Å². The largest absolute Gasteiger partial charge is 0.377 e. The summed E-state index contributed by atoms with van der Waals surface area (Å²) in [6.07, 6.45) is 8.59. The molecule has 0 unspecified atom stereocenters. The number of carbonyl (C=O) groups is 1. The third-order valence-electron chi connectivity index (χ3n) is 6.28. The Morgan fingerprint density at radius 1 is 1.32 bits per heavy atom. The maximum absolute atomic E-state index is 12.6. The SMILES string of the molecule is CN(CC(=O)N[C@H]1[C@@H]2CCO[C@@H]2[C@@H]1C1CCCC1)Cc1ccccn1. The van der Waals surface area contributed by atoms with Crippen molar-refractivity contribution < 1.29 is 9.53 Å². The Bertz CT molecular complexity index is 583. The summed E-state index contributed by atoms with van der Waals surface area (Å²) in [5, 5.41) is 3.35. The minimum absolute atomic E-state index is 0.136. The minimum atomic E-state index is 0.136. The van der Waals surface area contributed by atoms with Gasteiger partial charge in [0.2, 0.25) is 5.91 Å². The van der Waals surface area contributed by atoms with Gasteiger partial charge in [0.1, 0.15) is 0 Å². The van der Waals surface area contributed by atoms with Gasteiger partial charge in [-0.25, -0.2) is 0 Å². The van der Waals surface area contributed by atoms with Gasteiger partial charge in [-0.3, -0.25) is 14.7 Å². The van der Waals surface area contributed by atoms with Gasteiger partial charge in [0.05, 0.1) is 18.3 Å². The maximum Gasteiger partial charge on any atom is 0.234 e. The summed E-state index contributed by atoms with van der Waals surface area (Å²) in [6, 6.07) is 6.22. The Balaban J connectivity index is 1.31. The summed E-state index contributed by atoms with van der Waals surface area (Å²) < 4.78 is 5.98. The molecule has 4 atom stereocenters. The molecule has 136 valence electrons. The van der Waals surface area contributed by atoms with Crippen LogP contribution in [0.15, 0.2) is 24.4 Å². The Labute approximate surface area is 150 Å². The summed E-state index contributed by atoms with van der Waals surface area (Å²) >= 11 is 0. The van der Waals surface area contributed by atoms with Crippen LogP contribution in [0.1, 0.15) is 37.8 Å². The number of ether oxygens (including phenoxy) is 1. The van der Waals surface area contributed by atoms with Crippen molar-refractivity contribution in [1.82, 2.24) is 15.2 Å². The molecule has 0 spiro atoms. The zero-order valence-electron chi connectivity index (χ0n) is 15.1. The van der Waals surface area contributed by atoms with Gasteiger partial charge < -0.3 is 10.1 Å². The summed E-state index contributed by atoms with van der Waals surface area (Å²) in [6.45, 7) is 1.98. The lowest BCUT2D eigenvalue weighted by atomic mass is 9.61. The number of carbonyl (C=O) groups excluding carboxylic acids is 1. The number of pyridine rings is 1. The van der Waals surface area contributed by atoms with Crippen molar-refractivity contribution in [2.75, 3.05) is 20.2 Å². The Morgan fingerprint density at radius 2 is 2.16 bits per heavy atom. The molecule has 5 nitrogen and oxygen atoms in total. The van der Waals surface area contributed by atoms with Crippen molar-refractivity contribution >= 4 is 5.91 Å². The maximum atomic E-state index is 12.6. The van der Waals surface area contributed by atoms with E-state index in [9.17, 15) is 4.79 Å². The van der Waals surface area contributed by atoms with Crippen LogP contribution in [0.25, 0.3) is 0 Å². The second-order valence-corrected chi connectivity index (χ2v) is 8.00. The zero-order chi connectivity index (χ0) is 17.2. The number of fused-ring (bicyclic) bond motifs is 1. The molecule has 3 fully saturated rings. The van der Waals surface area contributed by atoms with Gasteiger partial charge in [-0.1, -0.05) is 31.7 Å². The van der Waals surface area contributed by atoms with Crippen LogP contribution in [-0.4, -0.2) is 48.1 Å².